The summed E-state index contributed by atoms with van der Waals surface area (Å²) in [6.45, 7) is 1.44. The van der Waals surface area contributed by atoms with E-state index in [1.54, 1.807) is 34.9 Å². The highest BCUT2D eigenvalue weighted by molar-refractivity contribution is 7.99. The fraction of sp³-hybridized carbons (Fsp3) is 0.143. The van der Waals surface area contributed by atoms with Crippen molar-refractivity contribution in [2.75, 3.05) is 23.6 Å². The second kappa shape index (κ2) is 8.93. The van der Waals surface area contributed by atoms with Gasteiger partial charge in [-0.15, -0.1) is 0 Å². The van der Waals surface area contributed by atoms with Gasteiger partial charge in [-0.05, 0) is 37.3 Å². The van der Waals surface area contributed by atoms with E-state index in [4.69, 9.17) is 26.8 Å². The first-order valence-corrected chi connectivity index (χ1v) is 10.7. The summed E-state index contributed by atoms with van der Waals surface area (Å²) in [5.74, 6) is 0.321. The Hall–Kier alpha value is -3.50. The molecule has 164 valence electrons. The number of hydrogen-bond donors (Lipinski definition) is 2. The molecule has 2 heterocycles. The lowest BCUT2D eigenvalue weighted by molar-refractivity contribution is -0.113. The molecule has 0 bridgehead atoms. The first-order valence-electron chi connectivity index (χ1n) is 9.34. The minimum atomic E-state index is -0.523. The monoisotopic (exact) mass is 472 g/mol. The maximum absolute atomic E-state index is 12.6. The van der Waals surface area contributed by atoms with E-state index in [2.05, 4.69) is 10.3 Å². The van der Waals surface area contributed by atoms with Crippen LogP contribution < -0.4 is 26.1 Å². The van der Waals surface area contributed by atoms with Gasteiger partial charge < -0.3 is 20.5 Å². The van der Waals surface area contributed by atoms with Crippen LogP contribution in [0.25, 0.3) is 5.69 Å². The minimum absolute atomic E-state index is 0.0449. The Morgan fingerprint density at radius 1 is 1.19 bits per heavy atom. The molecule has 4 rings (SSSR count). The Morgan fingerprint density at radius 2 is 1.88 bits per heavy atom. The maximum Gasteiger partial charge on any atom is 0.275 e. The van der Waals surface area contributed by atoms with Crippen molar-refractivity contribution in [1.82, 2.24) is 9.55 Å². The largest absolute Gasteiger partial charge is 0.454 e. The molecule has 1 aromatic heterocycles. The molecular formula is C21H17ClN4O5S. The first-order chi connectivity index (χ1) is 15.3. The number of rotatable bonds is 6. The van der Waals surface area contributed by atoms with Gasteiger partial charge in [-0.1, -0.05) is 23.4 Å². The van der Waals surface area contributed by atoms with Gasteiger partial charge in [-0.3, -0.25) is 19.0 Å². The molecule has 0 saturated carbocycles. The molecular weight excluding hydrogens is 456 g/mol. The number of halogens is 1. The number of carbonyl (C=O) groups excluding carboxylic acids is 2. The second-order valence-corrected chi connectivity index (χ2v) is 8.14. The van der Waals surface area contributed by atoms with Crippen LogP contribution in [-0.4, -0.2) is 33.8 Å². The molecule has 1 amide bonds. The molecule has 0 radical (unpaired) electrons. The number of ketones is 1. The number of amides is 1. The van der Waals surface area contributed by atoms with Crippen LogP contribution in [0.3, 0.4) is 0 Å². The molecule has 3 N–H and O–H groups in total. The van der Waals surface area contributed by atoms with Crippen molar-refractivity contribution in [2.24, 2.45) is 0 Å². The SMILES string of the molecule is CC(=O)c1cc2c(cc1NC(=O)CSc1nc(=O)cc(N)n1-c1ccc(Cl)cc1)OCO2. The Morgan fingerprint density at radius 3 is 2.56 bits per heavy atom. The second-order valence-electron chi connectivity index (χ2n) is 6.76. The van der Waals surface area contributed by atoms with Crippen LogP contribution >= 0.6 is 23.4 Å². The van der Waals surface area contributed by atoms with Gasteiger partial charge in [0, 0.05) is 28.4 Å². The van der Waals surface area contributed by atoms with Crippen LogP contribution in [0.2, 0.25) is 5.02 Å². The highest BCUT2D eigenvalue weighted by atomic mass is 35.5. The summed E-state index contributed by atoms with van der Waals surface area (Å²) < 4.78 is 12.2. The van der Waals surface area contributed by atoms with Crippen LogP contribution in [0.4, 0.5) is 11.5 Å². The van der Waals surface area contributed by atoms with Crippen molar-refractivity contribution in [3.63, 3.8) is 0 Å². The standard InChI is InChI=1S/C21H17ClN4O5S/c1-11(27)14-6-16-17(31-10-30-16)7-15(14)24-20(29)9-32-21-25-19(28)8-18(23)26(21)13-4-2-12(22)3-5-13/h2-8H,9-10,23H2,1H3,(H,24,29). The maximum atomic E-state index is 12.6. The topological polar surface area (TPSA) is 126 Å². The van der Waals surface area contributed by atoms with Gasteiger partial charge in [0.15, 0.2) is 22.4 Å². The summed E-state index contributed by atoms with van der Waals surface area (Å²) in [5, 5.41) is 3.49. The van der Waals surface area contributed by atoms with E-state index in [1.807, 2.05) is 0 Å². The number of nitrogens with one attached hydrogen (secondary N) is 1. The van der Waals surface area contributed by atoms with Crippen LogP contribution in [0, 0.1) is 0 Å². The van der Waals surface area contributed by atoms with E-state index >= 15 is 0 Å². The fourth-order valence-corrected chi connectivity index (χ4v) is 4.03. The molecule has 32 heavy (non-hydrogen) atoms. The van der Waals surface area contributed by atoms with Gasteiger partial charge in [0.2, 0.25) is 12.7 Å². The number of Topliss-reactive ketones (excluding diaryl/α,β-unsaturated/α-hetero) is 1. The van der Waals surface area contributed by atoms with Crippen molar-refractivity contribution in [2.45, 2.75) is 12.1 Å². The third-order valence-electron chi connectivity index (χ3n) is 4.51. The quantitative estimate of drug-likeness (QED) is 0.318. The Balaban J connectivity index is 1.56. The number of hydrogen-bond acceptors (Lipinski definition) is 8. The van der Waals surface area contributed by atoms with Crippen LogP contribution in [-0.2, 0) is 4.79 Å². The zero-order chi connectivity index (χ0) is 22.8. The van der Waals surface area contributed by atoms with Crippen LogP contribution in [0.5, 0.6) is 11.5 Å². The normalized spacial score (nSPS) is 11.9. The van der Waals surface area contributed by atoms with E-state index in [0.29, 0.717) is 33.5 Å². The average Bonchev–Trinajstić information content (AvgIpc) is 3.19. The lowest BCUT2D eigenvalue weighted by Crippen LogP contribution is -2.20. The molecule has 0 unspecified atom stereocenters. The van der Waals surface area contributed by atoms with E-state index < -0.39 is 11.5 Å². The van der Waals surface area contributed by atoms with Gasteiger partial charge in [0.1, 0.15) is 5.82 Å². The Bertz CT molecular complexity index is 1280. The number of nitrogen functional groups attached to an aromatic ring is 1. The third kappa shape index (κ3) is 4.56. The van der Waals surface area contributed by atoms with Crippen molar-refractivity contribution in [1.29, 1.82) is 0 Å². The molecule has 0 spiro atoms. The zero-order valence-electron chi connectivity index (χ0n) is 16.8. The van der Waals surface area contributed by atoms with Gasteiger partial charge in [0.25, 0.3) is 5.56 Å². The number of ether oxygens (including phenoxy) is 2. The van der Waals surface area contributed by atoms with Crippen molar-refractivity contribution in [3.8, 4) is 17.2 Å². The average molecular weight is 473 g/mol. The summed E-state index contributed by atoms with van der Waals surface area (Å²) >= 11 is 6.98. The molecule has 2 aromatic carbocycles. The van der Waals surface area contributed by atoms with E-state index in [1.165, 1.54) is 19.1 Å². The van der Waals surface area contributed by atoms with Gasteiger partial charge in [0.05, 0.1) is 11.4 Å². The van der Waals surface area contributed by atoms with Gasteiger partial charge >= 0.3 is 0 Å². The number of anilines is 2. The lowest BCUT2D eigenvalue weighted by Gasteiger charge is -2.15. The summed E-state index contributed by atoms with van der Waals surface area (Å²) in [6.07, 6.45) is 0. The highest BCUT2D eigenvalue weighted by Gasteiger charge is 2.21. The first kappa shape index (κ1) is 21.7. The molecule has 0 atom stereocenters. The van der Waals surface area contributed by atoms with Crippen molar-refractivity contribution < 1.29 is 19.1 Å². The number of fused-ring (bicyclic) bond motifs is 1. The third-order valence-corrected chi connectivity index (χ3v) is 5.70. The van der Waals surface area contributed by atoms with Crippen LogP contribution in [0.1, 0.15) is 17.3 Å². The molecule has 0 aliphatic carbocycles. The van der Waals surface area contributed by atoms with Gasteiger partial charge in [-0.25, -0.2) is 0 Å². The predicted molar refractivity (Wildman–Crippen MR) is 121 cm³/mol. The number of nitrogens with zero attached hydrogens (tertiary/aromatic N) is 2. The van der Waals surface area contributed by atoms with E-state index in [0.717, 1.165) is 11.8 Å². The van der Waals surface area contributed by atoms with Crippen molar-refractivity contribution >= 4 is 46.6 Å². The number of benzene rings is 2. The predicted octanol–water partition coefficient (Wildman–Crippen LogP) is 3.13. The summed E-state index contributed by atoms with van der Waals surface area (Å²) in [5.41, 5.74) is 6.76. The molecule has 1 aliphatic heterocycles. The van der Waals surface area contributed by atoms with E-state index in [9.17, 15) is 14.4 Å². The Kier molecular flexibility index (Phi) is 6.06. The number of carbonyl (C=O) groups is 2. The number of nitrogens with two attached hydrogens (primary N) is 1. The number of thioether (sulfide) groups is 1. The summed E-state index contributed by atoms with van der Waals surface area (Å²) in [4.78, 5) is 40.5. The van der Waals surface area contributed by atoms with Crippen molar-refractivity contribution in [3.05, 3.63) is 63.4 Å². The summed E-state index contributed by atoms with van der Waals surface area (Å²) in [7, 11) is 0. The fourth-order valence-electron chi connectivity index (χ4n) is 3.08. The highest BCUT2D eigenvalue weighted by Crippen LogP contribution is 2.37. The van der Waals surface area contributed by atoms with Crippen LogP contribution in [0.15, 0.2) is 52.4 Å². The molecule has 1 aliphatic rings. The van der Waals surface area contributed by atoms with Gasteiger partial charge in [-0.2, -0.15) is 4.98 Å². The van der Waals surface area contributed by atoms with E-state index in [-0.39, 0.29) is 29.3 Å². The Labute approximate surface area is 191 Å². The summed E-state index contributed by atoms with van der Waals surface area (Å²) in [6, 6.07) is 11.1. The molecule has 0 fully saturated rings. The zero-order valence-corrected chi connectivity index (χ0v) is 18.3. The molecule has 9 nitrogen and oxygen atoms in total. The molecule has 3 aromatic rings. The molecule has 0 saturated heterocycles. The smallest absolute Gasteiger partial charge is 0.275 e. The lowest BCUT2D eigenvalue weighted by atomic mass is 10.1. The molecule has 11 heteroatoms. The number of aromatic nitrogens is 2. The minimum Gasteiger partial charge on any atom is -0.454 e.